The van der Waals surface area contributed by atoms with E-state index >= 15 is 0 Å². The highest BCUT2D eigenvalue weighted by Gasteiger charge is 2.36. The van der Waals surface area contributed by atoms with Crippen molar-refractivity contribution in [2.45, 2.75) is 12.5 Å². The second kappa shape index (κ2) is 9.87. The van der Waals surface area contributed by atoms with Crippen LogP contribution in [-0.4, -0.2) is 42.9 Å². The van der Waals surface area contributed by atoms with Gasteiger partial charge in [0, 0.05) is 34.6 Å². The number of fused-ring (bicyclic) bond motifs is 1. The van der Waals surface area contributed by atoms with Crippen LogP contribution in [0.1, 0.15) is 33.9 Å². The minimum Gasteiger partial charge on any atom is -0.497 e. The molecule has 7 nitrogen and oxygen atoms in total. The molecule has 3 aromatic carbocycles. The van der Waals surface area contributed by atoms with E-state index in [1.807, 2.05) is 54.6 Å². The molecule has 182 valence electrons. The summed E-state index contributed by atoms with van der Waals surface area (Å²) in [5.41, 5.74) is 3.44. The average molecular weight is 502 g/mol. The number of methoxy groups -OCH3 is 3. The third-order valence-electron chi connectivity index (χ3n) is 6.22. The van der Waals surface area contributed by atoms with Crippen LogP contribution in [-0.2, 0) is 0 Å². The van der Waals surface area contributed by atoms with Crippen LogP contribution in [0.15, 0.2) is 77.9 Å². The molecule has 0 saturated carbocycles. The van der Waals surface area contributed by atoms with E-state index in [2.05, 4.69) is 4.98 Å². The molecule has 1 unspecified atom stereocenters. The Bertz CT molecular complexity index is 1470. The lowest BCUT2D eigenvalue weighted by Crippen LogP contribution is -2.27. The maximum Gasteiger partial charge on any atom is 0.274 e. The molecule has 0 radical (unpaired) electrons. The molecule has 8 heteroatoms. The zero-order valence-electron chi connectivity index (χ0n) is 20.1. The van der Waals surface area contributed by atoms with Crippen LogP contribution in [0.3, 0.4) is 0 Å². The lowest BCUT2D eigenvalue weighted by Gasteiger charge is -2.23. The number of ether oxygens (including phenoxy) is 3. The number of rotatable bonds is 6. The number of aromatic nitrogens is 1. The van der Waals surface area contributed by atoms with Crippen LogP contribution in [0.2, 0.25) is 5.15 Å². The third-order valence-corrected chi connectivity index (χ3v) is 6.52. The molecule has 2 heterocycles. The molecule has 0 bridgehead atoms. The predicted molar refractivity (Wildman–Crippen MR) is 139 cm³/mol. The minimum atomic E-state index is -0.463. The van der Waals surface area contributed by atoms with Crippen molar-refractivity contribution >= 4 is 34.1 Å². The molecule has 1 aliphatic rings. The summed E-state index contributed by atoms with van der Waals surface area (Å²) < 4.78 is 16.3. The summed E-state index contributed by atoms with van der Waals surface area (Å²) in [5, 5.41) is 7.45. The highest BCUT2D eigenvalue weighted by molar-refractivity contribution is 6.30. The summed E-state index contributed by atoms with van der Waals surface area (Å²) in [6.45, 7) is 0. The number of halogens is 1. The Labute approximate surface area is 213 Å². The van der Waals surface area contributed by atoms with Crippen LogP contribution in [0.25, 0.3) is 10.9 Å². The van der Waals surface area contributed by atoms with Gasteiger partial charge in [-0.3, -0.25) is 4.79 Å². The molecule has 5 rings (SSSR count). The van der Waals surface area contributed by atoms with Gasteiger partial charge in [0.05, 0.1) is 38.6 Å². The molecular weight excluding hydrogens is 478 g/mol. The summed E-state index contributed by atoms with van der Waals surface area (Å²) in [5.74, 6) is 1.75. The third kappa shape index (κ3) is 4.33. The van der Waals surface area contributed by atoms with Gasteiger partial charge in [0.25, 0.3) is 5.91 Å². The molecule has 1 aliphatic heterocycles. The Morgan fingerprint density at radius 1 is 0.917 bits per heavy atom. The Balaban J connectivity index is 1.62. The van der Waals surface area contributed by atoms with E-state index < -0.39 is 6.04 Å². The molecule has 0 N–H and O–H groups in total. The van der Waals surface area contributed by atoms with Gasteiger partial charge in [0.2, 0.25) is 0 Å². The van der Waals surface area contributed by atoms with Crippen molar-refractivity contribution in [2.75, 3.05) is 21.3 Å². The largest absolute Gasteiger partial charge is 0.497 e. The molecule has 4 aromatic rings. The van der Waals surface area contributed by atoms with Gasteiger partial charge in [-0.15, -0.1) is 0 Å². The van der Waals surface area contributed by atoms with E-state index in [0.29, 0.717) is 45.7 Å². The molecule has 0 spiro atoms. The number of amides is 1. The van der Waals surface area contributed by atoms with Gasteiger partial charge >= 0.3 is 0 Å². The van der Waals surface area contributed by atoms with Crippen molar-refractivity contribution in [1.29, 1.82) is 0 Å². The lowest BCUT2D eigenvalue weighted by molar-refractivity contribution is 0.0711. The van der Waals surface area contributed by atoms with Crippen molar-refractivity contribution in [1.82, 2.24) is 9.99 Å². The van der Waals surface area contributed by atoms with Crippen LogP contribution < -0.4 is 14.2 Å². The zero-order valence-corrected chi connectivity index (χ0v) is 20.8. The quantitative estimate of drug-likeness (QED) is 0.307. The molecule has 1 amide bonds. The first kappa shape index (κ1) is 23.6. The highest BCUT2D eigenvalue weighted by Crippen LogP contribution is 2.40. The first-order chi connectivity index (χ1) is 17.5. The van der Waals surface area contributed by atoms with E-state index in [4.69, 9.17) is 30.9 Å². The Kier molecular flexibility index (Phi) is 6.48. The number of carbonyl (C=O) groups is 1. The normalized spacial score (nSPS) is 15.1. The molecule has 0 saturated heterocycles. The Hall–Kier alpha value is -4.10. The first-order valence-corrected chi connectivity index (χ1v) is 11.7. The van der Waals surface area contributed by atoms with E-state index in [1.165, 1.54) is 5.01 Å². The minimum absolute atomic E-state index is 0.232. The smallest absolute Gasteiger partial charge is 0.274 e. The molecule has 0 aliphatic carbocycles. The van der Waals surface area contributed by atoms with Crippen molar-refractivity contribution in [3.05, 3.63) is 94.6 Å². The number of pyridine rings is 1. The highest BCUT2D eigenvalue weighted by atomic mass is 35.5. The second-order valence-electron chi connectivity index (χ2n) is 8.28. The molecule has 1 atom stereocenters. The standard InChI is InChI=1S/C28H24ClN3O4/c1-34-19-10-12-23-18(13-19)14-22(27(29)30-23)25-16-24(21-11-9-20(35-2)15-26(21)36-3)31-32(25)28(33)17-7-5-4-6-8-17/h4-15,25H,16H2,1-3H3. The zero-order chi connectivity index (χ0) is 25.2. The molecule has 36 heavy (non-hydrogen) atoms. The van der Waals surface area contributed by atoms with Gasteiger partial charge in [-0.2, -0.15) is 5.10 Å². The topological polar surface area (TPSA) is 73.2 Å². The van der Waals surface area contributed by atoms with E-state index in [1.54, 1.807) is 39.5 Å². The van der Waals surface area contributed by atoms with Crippen molar-refractivity contribution in [3.8, 4) is 17.2 Å². The fourth-order valence-corrected chi connectivity index (χ4v) is 4.63. The summed E-state index contributed by atoms with van der Waals surface area (Å²) in [6.07, 6.45) is 0.429. The maximum absolute atomic E-state index is 13.6. The number of hydrazone groups is 1. The van der Waals surface area contributed by atoms with E-state index in [9.17, 15) is 4.79 Å². The van der Waals surface area contributed by atoms with Crippen LogP contribution in [0.5, 0.6) is 17.2 Å². The second-order valence-corrected chi connectivity index (χ2v) is 8.63. The van der Waals surface area contributed by atoms with Gasteiger partial charge in [-0.1, -0.05) is 29.8 Å². The molecular formula is C28H24ClN3O4. The van der Waals surface area contributed by atoms with Crippen LogP contribution >= 0.6 is 11.6 Å². The number of nitrogens with zero attached hydrogens (tertiary/aromatic N) is 3. The van der Waals surface area contributed by atoms with Gasteiger partial charge in [0.15, 0.2) is 0 Å². The van der Waals surface area contributed by atoms with Crippen molar-refractivity contribution < 1.29 is 19.0 Å². The van der Waals surface area contributed by atoms with Crippen LogP contribution in [0, 0.1) is 0 Å². The van der Waals surface area contributed by atoms with E-state index in [0.717, 1.165) is 16.5 Å². The van der Waals surface area contributed by atoms with Gasteiger partial charge in [0.1, 0.15) is 22.4 Å². The van der Waals surface area contributed by atoms with E-state index in [-0.39, 0.29) is 5.91 Å². The number of benzene rings is 3. The number of hydrogen-bond acceptors (Lipinski definition) is 6. The summed E-state index contributed by atoms with van der Waals surface area (Å²) in [7, 11) is 4.81. The fraction of sp³-hybridized carbons (Fsp3) is 0.179. The lowest BCUT2D eigenvalue weighted by atomic mass is 9.97. The predicted octanol–water partition coefficient (Wildman–Crippen LogP) is 5.91. The van der Waals surface area contributed by atoms with Crippen LogP contribution in [0.4, 0.5) is 0 Å². The summed E-state index contributed by atoms with van der Waals surface area (Å²) >= 11 is 6.69. The number of carbonyl (C=O) groups excluding carboxylic acids is 1. The fourth-order valence-electron chi connectivity index (χ4n) is 4.36. The SMILES string of the molecule is COc1ccc(C2=NN(C(=O)c3ccccc3)C(c3cc4cc(OC)ccc4nc3Cl)C2)c(OC)c1. The van der Waals surface area contributed by atoms with Crippen molar-refractivity contribution in [2.24, 2.45) is 5.10 Å². The maximum atomic E-state index is 13.6. The average Bonchev–Trinajstić information content (AvgIpc) is 3.37. The van der Waals surface area contributed by atoms with Gasteiger partial charge in [-0.05, 0) is 48.5 Å². The van der Waals surface area contributed by atoms with Gasteiger partial charge in [-0.25, -0.2) is 9.99 Å². The first-order valence-electron chi connectivity index (χ1n) is 11.3. The van der Waals surface area contributed by atoms with Crippen molar-refractivity contribution in [3.63, 3.8) is 0 Å². The monoisotopic (exact) mass is 501 g/mol. The molecule has 0 fully saturated rings. The summed E-state index contributed by atoms with van der Waals surface area (Å²) in [6, 6.07) is 21.7. The van der Waals surface area contributed by atoms with Gasteiger partial charge < -0.3 is 14.2 Å². The molecule has 1 aromatic heterocycles. The summed E-state index contributed by atoms with van der Waals surface area (Å²) in [4.78, 5) is 18.2. The Morgan fingerprint density at radius 2 is 1.64 bits per heavy atom. The Morgan fingerprint density at radius 3 is 2.36 bits per heavy atom. The number of hydrogen-bond donors (Lipinski definition) is 0.